The Morgan fingerprint density at radius 3 is 2.55 bits per heavy atom. The molecular weight excluding hydrogens is 691 g/mol. The fourth-order valence-corrected chi connectivity index (χ4v) is 5.88. The van der Waals surface area contributed by atoms with Crippen molar-refractivity contribution in [2.45, 2.75) is 30.8 Å². The summed E-state index contributed by atoms with van der Waals surface area (Å²) in [5, 5.41) is 13.8. The molecule has 0 spiro atoms. The minimum absolute atomic E-state index is 0.00146. The van der Waals surface area contributed by atoms with E-state index in [4.69, 9.17) is 26.3 Å². The average Bonchev–Trinajstić information content (AvgIpc) is 3.39. The van der Waals surface area contributed by atoms with Crippen LogP contribution in [0.15, 0.2) is 82.7 Å². The van der Waals surface area contributed by atoms with Gasteiger partial charge in [-0.25, -0.2) is 14.0 Å². The second-order valence-corrected chi connectivity index (χ2v) is 12.7. The van der Waals surface area contributed by atoms with E-state index in [-0.39, 0.29) is 38.0 Å². The van der Waals surface area contributed by atoms with Gasteiger partial charge in [0.15, 0.2) is 5.65 Å². The number of likely N-dealkylation sites (N-methyl/N-ethyl adjacent to an activating group) is 1. The molecule has 3 aromatic heterocycles. The van der Waals surface area contributed by atoms with Gasteiger partial charge in [-0.3, -0.25) is 4.79 Å². The van der Waals surface area contributed by atoms with Crippen LogP contribution < -0.4 is 16.0 Å². The number of ether oxygens (including phenoxy) is 1. The first-order valence-electron chi connectivity index (χ1n) is 14.1. The van der Waals surface area contributed by atoms with Crippen LogP contribution >= 0.6 is 11.6 Å². The maximum atomic E-state index is 13.9. The third-order valence-corrected chi connectivity index (χ3v) is 8.58. The molecule has 49 heavy (non-hydrogen) atoms. The van der Waals surface area contributed by atoms with Crippen LogP contribution in [0.25, 0.3) is 11.0 Å². The van der Waals surface area contributed by atoms with Gasteiger partial charge in [0.1, 0.15) is 17.5 Å². The largest absolute Gasteiger partial charge is 0.451 e. The number of carbonyl (C=O) groups is 1. The van der Waals surface area contributed by atoms with Gasteiger partial charge >= 0.3 is 12.2 Å². The van der Waals surface area contributed by atoms with Crippen LogP contribution in [0.5, 0.6) is 11.5 Å². The second-order valence-electron chi connectivity index (χ2n) is 10.7. The van der Waals surface area contributed by atoms with Crippen molar-refractivity contribution < 1.29 is 35.3 Å². The first-order valence-corrected chi connectivity index (χ1v) is 15.9. The van der Waals surface area contributed by atoms with Gasteiger partial charge in [-0.2, -0.15) is 36.6 Å². The molecule has 0 saturated carbocycles. The Kier molecular flexibility index (Phi) is 9.78. The van der Waals surface area contributed by atoms with Crippen LogP contribution in [0.2, 0.25) is 5.02 Å². The Bertz CT molecular complexity index is 2270. The van der Waals surface area contributed by atoms with E-state index in [1.54, 1.807) is 31.2 Å². The number of benzene rings is 2. The highest BCUT2D eigenvalue weighted by molar-refractivity contribution is 7.86. The summed E-state index contributed by atoms with van der Waals surface area (Å²) in [6.45, 7) is 0.963. The third-order valence-electron chi connectivity index (χ3n) is 7.01. The van der Waals surface area contributed by atoms with E-state index in [9.17, 15) is 36.4 Å². The molecule has 18 heteroatoms. The molecule has 0 aliphatic carbocycles. The lowest BCUT2D eigenvalue weighted by atomic mass is 10.2. The molecule has 2 N–H and O–H groups in total. The molecule has 5 rings (SSSR count). The summed E-state index contributed by atoms with van der Waals surface area (Å²) < 4.78 is 79.4. The lowest BCUT2D eigenvalue weighted by Crippen LogP contribution is -2.43. The second kappa shape index (κ2) is 13.7. The number of nitrogens with two attached hydrogens (primary N) is 1. The van der Waals surface area contributed by atoms with Gasteiger partial charge in [-0.05, 0) is 55.5 Å². The number of halogens is 4. The van der Waals surface area contributed by atoms with Crippen LogP contribution in [0, 0.1) is 18.3 Å². The van der Waals surface area contributed by atoms with E-state index >= 15 is 0 Å². The van der Waals surface area contributed by atoms with Crippen molar-refractivity contribution in [3.05, 3.63) is 111 Å². The number of carbonyl (C=O) groups excluding carboxylic acids is 1. The summed E-state index contributed by atoms with van der Waals surface area (Å²) in [6.07, 6.45) is -4.18. The Balaban J connectivity index is 1.43. The van der Waals surface area contributed by atoms with Crippen LogP contribution in [-0.2, 0) is 27.0 Å². The Morgan fingerprint density at radius 1 is 1.16 bits per heavy atom. The molecule has 2 aromatic carbocycles. The standard InChI is InChI=1S/C31H25ClF3N7O6S/c1-18-5-7-22(8-6-18)49(45,46)48-26(37)17-40(2)30(44)42-28-23(4-3-10-38-28)25(39-42)16-41-11-9-24(31(33,34)35)27(29(41)43)47-21-13-19(15-36)12-20(32)14-21/h3-14,26H,16-17,37H2,1-2H3. The van der Waals surface area contributed by atoms with Crippen molar-refractivity contribution in [1.82, 2.24) is 24.2 Å². The summed E-state index contributed by atoms with van der Waals surface area (Å²) in [7, 11) is -2.94. The number of alkyl halides is 3. The van der Waals surface area contributed by atoms with Gasteiger partial charge < -0.3 is 19.9 Å². The van der Waals surface area contributed by atoms with Crippen molar-refractivity contribution in [3.63, 3.8) is 0 Å². The van der Waals surface area contributed by atoms with Gasteiger partial charge in [0, 0.05) is 29.9 Å². The van der Waals surface area contributed by atoms with E-state index < -0.39 is 58.5 Å². The van der Waals surface area contributed by atoms with Crippen LogP contribution in [0.4, 0.5) is 18.0 Å². The molecule has 254 valence electrons. The highest BCUT2D eigenvalue weighted by atomic mass is 35.5. The number of pyridine rings is 2. The fraction of sp³-hybridized carbons (Fsp3) is 0.194. The fourth-order valence-electron chi connectivity index (χ4n) is 4.69. The Hall–Kier alpha value is -5.28. The molecule has 0 radical (unpaired) electrons. The van der Waals surface area contributed by atoms with E-state index in [2.05, 4.69) is 10.1 Å². The van der Waals surface area contributed by atoms with E-state index in [0.717, 1.165) is 38.0 Å². The zero-order valence-corrected chi connectivity index (χ0v) is 27.1. The number of hydrogen-bond acceptors (Lipinski definition) is 10. The van der Waals surface area contributed by atoms with Gasteiger partial charge in [0.2, 0.25) is 5.75 Å². The molecule has 0 saturated heterocycles. The summed E-state index contributed by atoms with van der Waals surface area (Å²) in [6, 6.07) is 14.1. The monoisotopic (exact) mass is 715 g/mol. The van der Waals surface area contributed by atoms with E-state index in [1.165, 1.54) is 37.5 Å². The first-order chi connectivity index (χ1) is 23.1. The maximum Gasteiger partial charge on any atom is 0.420 e. The number of aryl methyl sites for hydroxylation is 1. The summed E-state index contributed by atoms with van der Waals surface area (Å²) in [5.41, 5.74) is 4.30. The first kappa shape index (κ1) is 35.0. The van der Waals surface area contributed by atoms with Crippen LogP contribution in [-0.4, -0.2) is 58.5 Å². The summed E-state index contributed by atoms with van der Waals surface area (Å²) in [4.78, 5) is 32.0. The number of fused-ring (bicyclic) bond motifs is 1. The average molecular weight is 716 g/mol. The van der Waals surface area contributed by atoms with Crippen LogP contribution in [0.3, 0.4) is 0 Å². The number of nitrogens with zero attached hydrogens (tertiary/aromatic N) is 6. The van der Waals surface area contributed by atoms with Gasteiger partial charge in [-0.15, -0.1) is 0 Å². The molecule has 1 atom stereocenters. The molecule has 0 aliphatic rings. The highest BCUT2D eigenvalue weighted by Gasteiger charge is 2.37. The van der Waals surface area contributed by atoms with Crippen LogP contribution in [0.1, 0.15) is 22.4 Å². The third kappa shape index (κ3) is 7.73. The summed E-state index contributed by atoms with van der Waals surface area (Å²) in [5.74, 6) is -1.35. The smallest absolute Gasteiger partial charge is 0.420 e. The van der Waals surface area contributed by atoms with E-state index in [1.807, 2.05) is 0 Å². The normalized spacial score (nSPS) is 12.4. The zero-order chi connectivity index (χ0) is 35.7. The predicted molar refractivity (Wildman–Crippen MR) is 169 cm³/mol. The molecule has 0 aliphatic heterocycles. The molecule has 0 fully saturated rings. The molecule has 1 unspecified atom stereocenters. The molecule has 3 heterocycles. The van der Waals surface area contributed by atoms with E-state index in [0.29, 0.717) is 6.07 Å². The highest BCUT2D eigenvalue weighted by Crippen LogP contribution is 2.37. The molecule has 13 nitrogen and oxygen atoms in total. The SMILES string of the molecule is Cc1ccc(S(=O)(=O)OC(N)CN(C)C(=O)n2nc(Cn3ccc(C(F)(F)F)c(Oc4cc(Cl)cc(C#N)c4)c3=O)c3cccnc32)cc1. The predicted octanol–water partition coefficient (Wildman–Crippen LogP) is 4.88. The van der Waals surface area contributed by atoms with Crippen molar-refractivity contribution in [1.29, 1.82) is 5.26 Å². The molecule has 0 bridgehead atoms. The minimum atomic E-state index is -4.98. The minimum Gasteiger partial charge on any atom is -0.451 e. The Morgan fingerprint density at radius 2 is 1.88 bits per heavy atom. The zero-order valence-electron chi connectivity index (χ0n) is 25.5. The number of hydrogen-bond donors (Lipinski definition) is 1. The number of aromatic nitrogens is 4. The van der Waals surface area contributed by atoms with Crippen molar-refractivity contribution >= 4 is 38.8 Å². The topological polar surface area (TPSA) is 175 Å². The maximum absolute atomic E-state index is 13.9. The van der Waals surface area contributed by atoms with Gasteiger partial charge in [0.25, 0.3) is 15.7 Å². The number of rotatable bonds is 9. The van der Waals surface area contributed by atoms with Crippen molar-refractivity contribution in [3.8, 4) is 17.6 Å². The van der Waals surface area contributed by atoms with Gasteiger partial charge in [-0.1, -0.05) is 29.3 Å². The number of nitriles is 1. The molecular formula is C31H25ClF3N7O6S. The summed E-state index contributed by atoms with van der Waals surface area (Å²) >= 11 is 5.97. The quantitative estimate of drug-likeness (QED) is 0.164. The molecule has 1 amide bonds. The molecule has 5 aromatic rings. The Labute approximate surface area is 281 Å². The number of amides is 1. The van der Waals surface area contributed by atoms with Crippen molar-refractivity contribution in [2.75, 3.05) is 13.6 Å². The lowest BCUT2D eigenvalue weighted by Gasteiger charge is -2.21. The van der Waals surface area contributed by atoms with Gasteiger partial charge in [0.05, 0.1) is 35.3 Å². The van der Waals surface area contributed by atoms with Crippen molar-refractivity contribution in [2.24, 2.45) is 5.73 Å². The lowest BCUT2D eigenvalue weighted by molar-refractivity contribution is -0.138.